The normalized spacial score (nSPS) is 12.5. The van der Waals surface area contributed by atoms with Crippen molar-refractivity contribution in [3.63, 3.8) is 0 Å². The highest BCUT2D eigenvalue weighted by atomic mass is 32.1. The van der Waals surface area contributed by atoms with Gasteiger partial charge < -0.3 is 15.1 Å². The first-order chi connectivity index (χ1) is 5.86. The van der Waals surface area contributed by atoms with Gasteiger partial charge in [-0.1, -0.05) is 12.2 Å². The zero-order valence-electron chi connectivity index (χ0n) is 6.62. The molecule has 4 radical (unpaired) electrons. The number of nitrogens with zero attached hydrogens (tertiary/aromatic N) is 1. The lowest BCUT2D eigenvalue weighted by Gasteiger charge is -2.28. The van der Waals surface area contributed by atoms with Crippen molar-refractivity contribution in [2.75, 3.05) is 6.54 Å². The van der Waals surface area contributed by atoms with Crippen molar-refractivity contribution in [3.8, 4) is 0 Å². The summed E-state index contributed by atoms with van der Waals surface area (Å²) in [5, 5.41) is 17.3. The molecule has 0 aromatic carbocycles. The van der Waals surface area contributed by atoms with Crippen molar-refractivity contribution in [2.24, 2.45) is 0 Å². The van der Waals surface area contributed by atoms with Gasteiger partial charge in [0, 0.05) is 0 Å². The summed E-state index contributed by atoms with van der Waals surface area (Å²) in [6.45, 7) is -0.282. The van der Waals surface area contributed by atoms with Gasteiger partial charge in [0.2, 0.25) is 0 Å². The molecule has 1 unspecified atom stereocenters. The number of carbonyl (C=O) groups is 1. The van der Waals surface area contributed by atoms with E-state index < -0.39 is 17.9 Å². The number of hydrogen-bond acceptors (Lipinski definition) is 3. The van der Waals surface area contributed by atoms with Crippen LogP contribution in [0.4, 0.5) is 0 Å². The minimum Gasteiger partial charge on any atom is -0.479 e. The molecule has 0 rings (SSSR count). The van der Waals surface area contributed by atoms with E-state index in [4.69, 9.17) is 25.9 Å². The van der Waals surface area contributed by atoms with Crippen LogP contribution in [0.5, 0.6) is 0 Å². The second-order valence-electron chi connectivity index (χ2n) is 2.28. The molecule has 1 atom stereocenters. The van der Waals surface area contributed by atoms with Gasteiger partial charge in [-0.15, -0.1) is 12.6 Å². The first kappa shape index (κ1) is 12.8. The fourth-order valence-electron chi connectivity index (χ4n) is 0.592. The highest BCUT2D eigenvalue weighted by Gasteiger charge is 2.19. The lowest BCUT2D eigenvalue weighted by atomic mass is 9.77. The molecule has 0 saturated heterocycles. The Bertz CT molecular complexity index is 214. The Balaban J connectivity index is 4.27. The summed E-state index contributed by atoms with van der Waals surface area (Å²) in [6, 6.07) is 0. The fourth-order valence-corrected chi connectivity index (χ4v) is 1.00. The van der Waals surface area contributed by atoms with Crippen LogP contribution in [0.15, 0.2) is 0 Å². The maximum Gasteiger partial charge on any atom is 0.334 e. The van der Waals surface area contributed by atoms with Crippen molar-refractivity contribution >= 4 is 50.8 Å². The first-order valence-electron chi connectivity index (χ1n) is 3.28. The van der Waals surface area contributed by atoms with Crippen LogP contribution in [0, 0.1) is 0 Å². The summed E-state index contributed by atoms with van der Waals surface area (Å²) >= 11 is 8.39. The van der Waals surface area contributed by atoms with Gasteiger partial charge in [-0.2, -0.15) is 0 Å². The van der Waals surface area contributed by atoms with E-state index in [-0.39, 0.29) is 10.9 Å². The van der Waals surface area contributed by atoms with Gasteiger partial charge in [0.05, 0.1) is 22.2 Å². The second-order valence-corrected chi connectivity index (χ2v) is 3.39. The quantitative estimate of drug-likeness (QED) is 0.305. The number of rotatable bonds is 4. The highest BCUT2D eigenvalue weighted by molar-refractivity contribution is 8.10. The van der Waals surface area contributed by atoms with Gasteiger partial charge in [0.25, 0.3) is 0 Å². The van der Waals surface area contributed by atoms with Crippen molar-refractivity contribution in [2.45, 2.75) is 11.9 Å². The zero-order valence-corrected chi connectivity index (χ0v) is 8.33. The van der Waals surface area contributed by atoms with Gasteiger partial charge in [0.1, 0.15) is 4.32 Å². The summed E-state index contributed by atoms with van der Waals surface area (Å²) in [4.78, 5) is 11.3. The number of aliphatic hydroxyl groups excluding tert-OH is 1. The summed E-state index contributed by atoms with van der Waals surface area (Å²) < 4.78 is 0.0373. The molecule has 0 spiro atoms. The summed E-state index contributed by atoms with van der Waals surface area (Å²) in [5.41, 5.74) is 0. The van der Waals surface area contributed by atoms with Crippen LogP contribution in [0.25, 0.3) is 0 Å². The molecule has 0 amide bonds. The monoisotopic (exact) mass is 215 g/mol. The maximum atomic E-state index is 10.3. The van der Waals surface area contributed by atoms with Gasteiger partial charge in [0.15, 0.2) is 6.10 Å². The third-order valence-corrected chi connectivity index (χ3v) is 1.75. The molecule has 0 aromatic rings. The molecule has 68 valence electrons. The van der Waals surface area contributed by atoms with Crippen LogP contribution in [0.2, 0.25) is 0 Å². The average molecular weight is 215 g/mol. The Hall–Kier alpha value is -0.200. The van der Waals surface area contributed by atoms with E-state index in [0.717, 1.165) is 4.90 Å². The van der Waals surface area contributed by atoms with Crippen LogP contribution < -0.4 is 0 Å². The maximum absolute atomic E-state index is 10.3. The largest absolute Gasteiger partial charge is 0.479 e. The number of carboxylic acid groups (broad SMARTS) is 1. The molecular formula is C5H7B2NO3S2. The lowest BCUT2D eigenvalue weighted by Crippen LogP contribution is -2.44. The Morgan fingerprint density at radius 2 is 2.08 bits per heavy atom. The topological polar surface area (TPSA) is 60.8 Å². The van der Waals surface area contributed by atoms with Crippen LogP contribution in [-0.2, 0) is 4.79 Å². The molecule has 0 fully saturated rings. The second kappa shape index (κ2) is 5.51. The van der Waals surface area contributed by atoms with Gasteiger partial charge >= 0.3 is 5.97 Å². The van der Waals surface area contributed by atoms with Crippen LogP contribution in [0.1, 0.15) is 0 Å². The highest BCUT2D eigenvalue weighted by Crippen LogP contribution is 2.01. The van der Waals surface area contributed by atoms with Gasteiger partial charge in [-0.3, -0.25) is 0 Å². The smallest absolute Gasteiger partial charge is 0.334 e. The SMILES string of the molecule is [B]C([B])N(CC(O)C(=O)O)C(=S)S. The minimum atomic E-state index is -1.58. The van der Waals surface area contributed by atoms with E-state index in [1.165, 1.54) is 0 Å². The standard InChI is InChI=1S/C5H7B2NO3S2/c6-4(7)8(5(12)13)1-2(9)3(10)11/h2,4,9H,1H2,(H,10,11)(H,12,13). The molecule has 4 nitrogen and oxygen atoms in total. The molecular weight excluding hydrogens is 208 g/mol. The Morgan fingerprint density at radius 1 is 1.62 bits per heavy atom. The van der Waals surface area contributed by atoms with E-state index in [2.05, 4.69) is 24.8 Å². The van der Waals surface area contributed by atoms with E-state index in [0.29, 0.717) is 0 Å². The van der Waals surface area contributed by atoms with Crippen molar-refractivity contribution in [1.82, 2.24) is 4.90 Å². The number of hydrogen-bond donors (Lipinski definition) is 3. The Kier molecular flexibility index (Phi) is 5.43. The molecule has 2 N–H and O–H groups in total. The molecule has 0 bridgehead atoms. The minimum absolute atomic E-state index is 0.0373. The number of thiol groups is 1. The van der Waals surface area contributed by atoms with E-state index in [1.807, 2.05) is 0 Å². The molecule has 8 heteroatoms. The molecule has 0 heterocycles. The third kappa shape index (κ3) is 4.54. The predicted molar refractivity (Wildman–Crippen MR) is 57.2 cm³/mol. The van der Waals surface area contributed by atoms with Crippen molar-refractivity contribution < 1.29 is 15.0 Å². The Labute approximate surface area is 89.5 Å². The van der Waals surface area contributed by atoms with E-state index >= 15 is 0 Å². The third-order valence-electron chi connectivity index (χ3n) is 1.26. The van der Waals surface area contributed by atoms with Crippen LogP contribution >= 0.6 is 24.8 Å². The summed E-state index contributed by atoms with van der Waals surface area (Å²) in [7, 11) is 10.5. The zero-order chi connectivity index (χ0) is 10.6. The average Bonchev–Trinajstić information content (AvgIpc) is 1.97. The molecule has 0 aromatic heterocycles. The van der Waals surface area contributed by atoms with Crippen molar-refractivity contribution in [3.05, 3.63) is 0 Å². The van der Waals surface area contributed by atoms with Crippen molar-refractivity contribution in [1.29, 1.82) is 0 Å². The van der Waals surface area contributed by atoms with Gasteiger partial charge in [-0.05, 0) is 5.84 Å². The van der Waals surface area contributed by atoms with Crippen LogP contribution in [0.3, 0.4) is 0 Å². The number of aliphatic carboxylic acids is 1. The first-order valence-corrected chi connectivity index (χ1v) is 4.13. The van der Waals surface area contributed by atoms with E-state index in [1.54, 1.807) is 0 Å². The van der Waals surface area contributed by atoms with Crippen LogP contribution in [-0.4, -0.2) is 59.6 Å². The molecule has 0 aliphatic heterocycles. The van der Waals surface area contributed by atoms with E-state index in [9.17, 15) is 4.79 Å². The summed E-state index contributed by atoms with van der Waals surface area (Å²) in [5.74, 6) is -2.34. The fraction of sp³-hybridized carbons (Fsp3) is 0.600. The molecule has 0 aliphatic carbocycles. The number of carboxylic acids is 1. The number of aliphatic hydroxyl groups is 1. The summed E-state index contributed by atoms with van der Waals surface area (Å²) in [6.07, 6.45) is -1.58. The molecule has 0 aliphatic rings. The number of thiocarbonyl (C=S) groups is 1. The van der Waals surface area contributed by atoms with Gasteiger partial charge in [-0.25, -0.2) is 4.79 Å². The Morgan fingerprint density at radius 3 is 2.31 bits per heavy atom. The molecule has 0 saturated carbocycles. The predicted octanol–water partition coefficient (Wildman–Crippen LogP) is -1.43. The lowest BCUT2D eigenvalue weighted by molar-refractivity contribution is -0.147. The molecule has 13 heavy (non-hydrogen) atoms.